The normalized spacial score (nSPS) is 13.1. The van der Waals surface area contributed by atoms with E-state index in [1.54, 1.807) is 0 Å². The molecule has 0 fully saturated rings. The summed E-state index contributed by atoms with van der Waals surface area (Å²) in [5.41, 5.74) is 9.06. The van der Waals surface area contributed by atoms with E-state index in [0.29, 0.717) is 0 Å². The van der Waals surface area contributed by atoms with Crippen LogP contribution in [0.2, 0.25) is 0 Å². The summed E-state index contributed by atoms with van der Waals surface area (Å²) in [5, 5.41) is 8.52. The number of rotatable bonds is 3. The fourth-order valence-corrected chi connectivity index (χ4v) is 4.07. The fraction of sp³-hybridized carbons (Fsp3) is 0.217. The Bertz CT molecular complexity index is 1140. The van der Waals surface area contributed by atoms with Crippen LogP contribution in [-0.4, -0.2) is 14.6 Å². The molecule has 2 heterocycles. The van der Waals surface area contributed by atoms with Gasteiger partial charge in [0.05, 0.1) is 5.69 Å². The largest absolute Gasteiger partial charge is 0.340 e. The zero-order chi connectivity index (χ0) is 18.4. The van der Waals surface area contributed by atoms with Gasteiger partial charge in [-0.1, -0.05) is 42.5 Å². The lowest BCUT2D eigenvalue weighted by atomic mass is 10.1. The second-order valence-corrected chi connectivity index (χ2v) is 7.30. The topological polar surface area (TPSA) is 42.2 Å². The first-order valence-corrected chi connectivity index (χ1v) is 9.51. The number of nitrogens with one attached hydrogen (secondary N) is 1. The van der Waals surface area contributed by atoms with Crippen LogP contribution >= 0.6 is 0 Å². The van der Waals surface area contributed by atoms with Crippen LogP contribution in [0.15, 0.2) is 54.6 Å². The average Bonchev–Trinajstić information content (AvgIpc) is 3.26. The predicted octanol–water partition coefficient (Wildman–Crippen LogP) is 5.25. The monoisotopic (exact) mass is 354 g/mol. The van der Waals surface area contributed by atoms with Gasteiger partial charge in [0.2, 0.25) is 0 Å². The van der Waals surface area contributed by atoms with Gasteiger partial charge in [-0.3, -0.25) is 0 Å². The lowest BCUT2D eigenvalue weighted by molar-refractivity contribution is 0.900. The van der Waals surface area contributed by atoms with Crippen LogP contribution in [0.1, 0.15) is 28.9 Å². The highest BCUT2D eigenvalue weighted by Gasteiger charge is 2.24. The number of aryl methyl sites for hydroxylation is 3. The summed E-state index contributed by atoms with van der Waals surface area (Å²) in [5.74, 6) is 1.06. The first kappa shape index (κ1) is 16.1. The van der Waals surface area contributed by atoms with Crippen molar-refractivity contribution in [1.29, 1.82) is 0 Å². The summed E-state index contributed by atoms with van der Waals surface area (Å²) in [7, 11) is 0. The van der Waals surface area contributed by atoms with Gasteiger partial charge in [0.15, 0.2) is 5.65 Å². The molecular formula is C23H22N4. The minimum Gasteiger partial charge on any atom is -0.340 e. The molecule has 1 aliphatic rings. The summed E-state index contributed by atoms with van der Waals surface area (Å²) in [6.07, 6.45) is 3.23. The number of hydrogen-bond donors (Lipinski definition) is 1. The highest BCUT2D eigenvalue weighted by atomic mass is 15.3. The zero-order valence-corrected chi connectivity index (χ0v) is 15.7. The molecule has 0 atom stereocenters. The Morgan fingerprint density at radius 1 is 0.963 bits per heavy atom. The fourth-order valence-electron chi connectivity index (χ4n) is 4.07. The molecule has 1 N–H and O–H groups in total. The molecule has 4 heteroatoms. The van der Waals surface area contributed by atoms with E-state index in [1.165, 1.54) is 16.8 Å². The van der Waals surface area contributed by atoms with E-state index in [9.17, 15) is 0 Å². The maximum Gasteiger partial charge on any atom is 0.165 e. The van der Waals surface area contributed by atoms with E-state index >= 15 is 0 Å². The summed E-state index contributed by atoms with van der Waals surface area (Å²) in [4.78, 5) is 5.03. The Kier molecular flexibility index (Phi) is 3.71. The van der Waals surface area contributed by atoms with Crippen LogP contribution in [-0.2, 0) is 12.8 Å². The van der Waals surface area contributed by atoms with Crippen LogP contribution in [0, 0.1) is 13.8 Å². The van der Waals surface area contributed by atoms with Gasteiger partial charge in [0.1, 0.15) is 5.82 Å². The molecule has 0 unspecified atom stereocenters. The molecule has 0 saturated carbocycles. The van der Waals surface area contributed by atoms with Crippen molar-refractivity contribution in [3.63, 3.8) is 0 Å². The third-order valence-corrected chi connectivity index (χ3v) is 5.31. The van der Waals surface area contributed by atoms with Gasteiger partial charge in [-0.25, -0.2) is 4.98 Å². The van der Waals surface area contributed by atoms with Gasteiger partial charge >= 0.3 is 0 Å². The summed E-state index contributed by atoms with van der Waals surface area (Å²) >= 11 is 0. The van der Waals surface area contributed by atoms with Gasteiger partial charge < -0.3 is 5.32 Å². The molecule has 0 saturated heterocycles. The van der Waals surface area contributed by atoms with Crippen molar-refractivity contribution in [2.45, 2.75) is 33.1 Å². The average molecular weight is 354 g/mol. The van der Waals surface area contributed by atoms with Crippen LogP contribution in [0.4, 0.5) is 11.5 Å². The van der Waals surface area contributed by atoms with Crippen LogP contribution in [0.3, 0.4) is 0 Å². The minimum atomic E-state index is 0.939. The van der Waals surface area contributed by atoms with Gasteiger partial charge in [0.25, 0.3) is 0 Å². The Morgan fingerprint density at radius 2 is 1.81 bits per heavy atom. The summed E-state index contributed by atoms with van der Waals surface area (Å²) in [6, 6.07) is 18.9. The van der Waals surface area contributed by atoms with Gasteiger partial charge in [-0.05, 0) is 56.4 Å². The lowest BCUT2D eigenvalue weighted by Gasteiger charge is -2.14. The lowest BCUT2D eigenvalue weighted by Crippen LogP contribution is -2.07. The molecule has 0 bridgehead atoms. The molecule has 4 aromatic rings. The summed E-state index contributed by atoms with van der Waals surface area (Å²) < 4.78 is 2.00. The smallest absolute Gasteiger partial charge is 0.165 e. The van der Waals surface area contributed by atoms with E-state index in [1.807, 2.05) is 10.6 Å². The Morgan fingerprint density at radius 3 is 2.63 bits per heavy atom. The van der Waals surface area contributed by atoms with Crippen molar-refractivity contribution in [2.24, 2.45) is 0 Å². The standard InChI is InChI=1S/C23H22N4/c1-15-8-6-11-18(14-15)24-22-19-12-7-13-20(19)25-23-21(16(2)26-27(22)23)17-9-4-3-5-10-17/h3-6,8-11,14,24H,7,12-13H2,1-2H3. The third kappa shape index (κ3) is 2.69. The maximum absolute atomic E-state index is 5.03. The Balaban J connectivity index is 1.75. The van der Waals surface area contributed by atoms with Gasteiger partial charge in [0, 0.05) is 22.5 Å². The van der Waals surface area contributed by atoms with Crippen molar-refractivity contribution >= 4 is 17.2 Å². The van der Waals surface area contributed by atoms with Crippen molar-refractivity contribution in [3.05, 3.63) is 77.1 Å². The van der Waals surface area contributed by atoms with E-state index < -0.39 is 0 Å². The highest BCUT2D eigenvalue weighted by molar-refractivity contribution is 5.82. The predicted molar refractivity (Wildman–Crippen MR) is 110 cm³/mol. The van der Waals surface area contributed by atoms with Gasteiger partial charge in [-0.2, -0.15) is 9.61 Å². The molecule has 2 aromatic carbocycles. The number of hydrogen-bond acceptors (Lipinski definition) is 3. The Hall–Kier alpha value is -3.14. The summed E-state index contributed by atoms with van der Waals surface area (Å²) in [6.45, 7) is 4.18. The van der Waals surface area contributed by atoms with Crippen LogP contribution in [0.25, 0.3) is 16.8 Å². The Labute approximate surface area is 158 Å². The molecule has 0 radical (unpaired) electrons. The molecule has 2 aromatic heterocycles. The van der Waals surface area contributed by atoms with Crippen molar-refractivity contribution in [3.8, 4) is 11.1 Å². The first-order valence-electron chi connectivity index (χ1n) is 9.51. The zero-order valence-electron chi connectivity index (χ0n) is 15.7. The van der Waals surface area contributed by atoms with Crippen molar-refractivity contribution < 1.29 is 0 Å². The maximum atomic E-state index is 5.03. The molecule has 4 nitrogen and oxygen atoms in total. The van der Waals surface area contributed by atoms with Gasteiger partial charge in [-0.15, -0.1) is 0 Å². The van der Waals surface area contributed by atoms with Crippen molar-refractivity contribution in [1.82, 2.24) is 14.6 Å². The molecule has 0 aliphatic heterocycles. The van der Waals surface area contributed by atoms with Crippen LogP contribution < -0.4 is 5.32 Å². The third-order valence-electron chi connectivity index (χ3n) is 5.31. The van der Waals surface area contributed by atoms with Crippen LogP contribution in [0.5, 0.6) is 0 Å². The highest BCUT2D eigenvalue weighted by Crippen LogP contribution is 2.35. The molecular weight excluding hydrogens is 332 g/mol. The molecule has 27 heavy (non-hydrogen) atoms. The second-order valence-electron chi connectivity index (χ2n) is 7.30. The molecule has 5 rings (SSSR count). The van der Waals surface area contributed by atoms with Crippen molar-refractivity contribution in [2.75, 3.05) is 5.32 Å². The second kappa shape index (κ2) is 6.23. The van der Waals surface area contributed by atoms with E-state index in [4.69, 9.17) is 10.1 Å². The first-order chi connectivity index (χ1) is 13.2. The SMILES string of the molecule is Cc1cccc(Nc2c3c(nc4c(-c5ccccc5)c(C)nn24)CCC3)c1. The quantitative estimate of drug-likeness (QED) is 0.547. The van der Waals surface area contributed by atoms with E-state index in [-0.39, 0.29) is 0 Å². The number of nitrogens with zero attached hydrogens (tertiary/aromatic N) is 3. The number of fused-ring (bicyclic) bond motifs is 2. The molecule has 0 spiro atoms. The van der Waals surface area contributed by atoms with E-state index in [2.05, 4.69) is 67.7 Å². The molecule has 0 amide bonds. The number of anilines is 2. The molecule has 1 aliphatic carbocycles. The molecule has 134 valence electrons. The number of benzene rings is 2. The minimum absolute atomic E-state index is 0.939. The number of aromatic nitrogens is 3. The van der Waals surface area contributed by atoms with E-state index in [0.717, 1.165) is 53.2 Å².